The van der Waals surface area contributed by atoms with Crippen LogP contribution in [0, 0.1) is 41.1 Å². The van der Waals surface area contributed by atoms with E-state index >= 15 is 0 Å². The van der Waals surface area contributed by atoms with Gasteiger partial charge in [-0.25, -0.2) is 18.0 Å². The molecule has 0 spiro atoms. The lowest BCUT2D eigenvalue weighted by Crippen LogP contribution is -2.13. The number of carbonyl (C=O) groups excluding carboxylic acids is 1. The maximum absolute atomic E-state index is 14.7. The zero-order valence-electron chi connectivity index (χ0n) is 19.9. The van der Waals surface area contributed by atoms with E-state index in [1.54, 1.807) is 6.07 Å². The van der Waals surface area contributed by atoms with Gasteiger partial charge in [0.2, 0.25) is 0 Å². The number of benzene rings is 3. The number of esters is 1. The summed E-state index contributed by atoms with van der Waals surface area (Å²) in [6.07, 6.45) is 9.75. The Morgan fingerprint density at radius 2 is 1.63 bits per heavy atom. The van der Waals surface area contributed by atoms with Crippen molar-refractivity contribution >= 4 is 16.7 Å². The van der Waals surface area contributed by atoms with E-state index in [4.69, 9.17) is 4.74 Å². The summed E-state index contributed by atoms with van der Waals surface area (Å²) in [4.78, 5) is 12.5. The Labute approximate surface area is 204 Å². The summed E-state index contributed by atoms with van der Waals surface area (Å²) in [7, 11) is 0. The molecule has 1 fully saturated rings. The third kappa shape index (κ3) is 6.45. The molecular formula is C30H29F3O2. The Hall–Kier alpha value is -3.26. The maximum Gasteiger partial charge on any atom is 0.346 e. The van der Waals surface area contributed by atoms with E-state index in [9.17, 15) is 18.0 Å². The van der Waals surface area contributed by atoms with Gasteiger partial charge in [0, 0.05) is 11.5 Å². The molecule has 35 heavy (non-hydrogen) atoms. The number of rotatable bonds is 6. The van der Waals surface area contributed by atoms with E-state index in [1.807, 2.05) is 0 Å². The molecule has 0 aromatic heterocycles. The SMILES string of the molecule is CCCCCC1CCC(C#Cc2ccc(C(=O)Oc3ccc4cc(F)c(F)cc4c3)c(F)c2)CC1. The molecule has 3 aromatic carbocycles. The van der Waals surface area contributed by atoms with E-state index in [0.29, 0.717) is 22.3 Å². The van der Waals surface area contributed by atoms with Gasteiger partial charge in [-0.1, -0.05) is 50.5 Å². The van der Waals surface area contributed by atoms with E-state index in [-0.39, 0.29) is 11.3 Å². The van der Waals surface area contributed by atoms with Crippen LogP contribution in [0.1, 0.15) is 74.2 Å². The molecule has 0 amide bonds. The number of hydrogen-bond donors (Lipinski definition) is 0. The molecule has 0 saturated heterocycles. The highest BCUT2D eigenvalue weighted by atomic mass is 19.2. The molecule has 0 heterocycles. The molecule has 1 aliphatic carbocycles. The number of halogens is 3. The first-order valence-electron chi connectivity index (χ1n) is 12.3. The quantitative estimate of drug-likeness (QED) is 0.154. The minimum atomic E-state index is -0.997. The molecule has 0 radical (unpaired) electrons. The largest absolute Gasteiger partial charge is 0.423 e. The Morgan fingerprint density at radius 1 is 0.886 bits per heavy atom. The smallest absolute Gasteiger partial charge is 0.346 e. The summed E-state index contributed by atoms with van der Waals surface area (Å²) in [5.41, 5.74) is 0.306. The van der Waals surface area contributed by atoms with Crippen LogP contribution in [0.25, 0.3) is 10.8 Å². The van der Waals surface area contributed by atoms with Gasteiger partial charge in [-0.15, -0.1) is 0 Å². The molecule has 2 nitrogen and oxygen atoms in total. The van der Waals surface area contributed by atoms with Crippen molar-refractivity contribution in [1.82, 2.24) is 0 Å². The van der Waals surface area contributed by atoms with Crippen molar-refractivity contribution in [3.63, 3.8) is 0 Å². The van der Waals surface area contributed by atoms with Crippen molar-refractivity contribution in [2.24, 2.45) is 11.8 Å². The molecule has 0 N–H and O–H groups in total. The molecule has 1 saturated carbocycles. The number of ether oxygens (including phenoxy) is 1. The standard InChI is InChI=1S/C30H29F3O2/c1-2-3-4-5-20-6-8-21(9-7-20)10-11-22-12-15-26(27(31)16-22)30(34)35-25-14-13-23-18-28(32)29(33)19-24(23)17-25/h12-21H,2-9H2,1H3. The summed E-state index contributed by atoms with van der Waals surface area (Å²) < 4.78 is 46.8. The molecule has 3 aromatic rings. The maximum atomic E-state index is 14.7. The topological polar surface area (TPSA) is 26.3 Å². The summed E-state index contributed by atoms with van der Waals surface area (Å²) >= 11 is 0. The van der Waals surface area contributed by atoms with Crippen LogP contribution in [0.15, 0.2) is 48.5 Å². The summed E-state index contributed by atoms with van der Waals surface area (Å²) in [6, 6.07) is 10.7. The summed E-state index contributed by atoms with van der Waals surface area (Å²) in [6.45, 7) is 2.23. The van der Waals surface area contributed by atoms with Crippen LogP contribution in [0.5, 0.6) is 5.75 Å². The van der Waals surface area contributed by atoms with Crippen molar-refractivity contribution in [1.29, 1.82) is 0 Å². The van der Waals surface area contributed by atoms with Crippen molar-refractivity contribution in [2.75, 3.05) is 0 Å². The second-order valence-corrected chi connectivity index (χ2v) is 9.34. The Balaban J connectivity index is 1.37. The summed E-state index contributed by atoms with van der Waals surface area (Å²) in [5.74, 6) is 4.05. The first kappa shape index (κ1) is 24.9. The van der Waals surface area contributed by atoms with Crippen LogP contribution in [0.2, 0.25) is 0 Å². The van der Waals surface area contributed by atoms with Gasteiger partial charge in [0.05, 0.1) is 5.56 Å². The molecular weight excluding hydrogens is 449 g/mol. The van der Waals surface area contributed by atoms with Gasteiger partial charge in [-0.05, 0) is 84.8 Å². The van der Waals surface area contributed by atoms with E-state index in [2.05, 4.69) is 18.8 Å². The summed E-state index contributed by atoms with van der Waals surface area (Å²) in [5, 5.41) is 0.832. The molecule has 5 heteroatoms. The number of hydrogen-bond acceptors (Lipinski definition) is 2. The van der Waals surface area contributed by atoms with Gasteiger partial charge in [-0.3, -0.25) is 0 Å². The minimum absolute atomic E-state index is 0.113. The third-order valence-corrected chi connectivity index (χ3v) is 6.73. The number of fused-ring (bicyclic) bond motifs is 1. The van der Waals surface area contributed by atoms with Crippen LogP contribution < -0.4 is 4.74 Å². The van der Waals surface area contributed by atoms with Gasteiger partial charge in [0.15, 0.2) is 11.6 Å². The molecule has 0 atom stereocenters. The van der Waals surface area contributed by atoms with Gasteiger partial charge < -0.3 is 4.74 Å². The van der Waals surface area contributed by atoms with Gasteiger partial charge in [-0.2, -0.15) is 0 Å². The molecule has 182 valence electrons. The lowest BCUT2D eigenvalue weighted by molar-refractivity contribution is 0.0730. The highest BCUT2D eigenvalue weighted by molar-refractivity contribution is 5.92. The third-order valence-electron chi connectivity index (χ3n) is 6.73. The highest BCUT2D eigenvalue weighted by Gasteiger charge is 2.19. The van der Waals surface area contributed by atoms with Gasteiger partial charge in [0.1, 0.15) is 11.6 Å². The van der Waals surface area contributed by atoms with Crippen LogP contribution >= 0.6 is 0 Å². The van der Waals surface area contributed by atoms with E-state index in [1.165, 1.54) is 68.9 Å². The zero-order valence-corrected chi connectivity index (χ0v) is 19.9. The Morgan fingerprint density at radius 3 is 2.34 bits per heavy atom. The van der Waals surface area contributed by atoms with Crippen molar-refractivity contribution in [2.45, 2.75) is 58.3 Å². The Kier molecular flexibility index (Phi) is 8.13. The first-order chi connectivity index (χ1) is 16.9. The van der Waals surface area contributed by atoms with Crippen molar-refractivity contribution < 1.29 is 22.7 Å². The van der Waals surface area contributed by atoms with E-state index < -0.39 is 23.4 Å². The molecule has 4 rings (SSSR count). The fourth-order valence-corrected chi connectivity index (χ4v) is 4.67. The monoisotopic (exact) mass is 478 g/mol. The Bertz CT molecular complexity index is 1260. The normalized spacial score (nSPS) is 17.6. The molecule has 1 aliphatic rings. The predicted molar refractivity (Wildman–Crippen MR) is 132 cm³/mol. The lowest BCUT2D eigenvalue weighted by Gasteiger charge is -2.25. The van der Waals surface area contributed by atoms with Crippen molar-refractivity contribution in [3.05, 3.63) is 77.1 Å². The lowest BCUT2D eigenvalue weighted by atomic mass is 9.80. The average molecular weight is 479 g/mol. The predicted octanol–water partition coefficient (Wildman–Crippen LogP) is 8.21. The second-order valence-electron chi connectivity index (χ2n) is 9.34. The first-order valence-corrected chi connectivity index (χ1v) is 12.3. The fourth-order valence-electron chi connectivity index (χ4n) is 4.67. The van der Waals surface area contributed by atoms with E-state index in [0.717, 1.165) is 30.9 Å². The minimum Gasteiger partial charge on any atom is -0.423 e. The zero-order chi connectivity index (χ0) is 24.8. The van der Waals surface area contributed by atoms with Crippen LogP contribution in [0.4, 0.5) is 13.2 Å². The number of unbranched alkanes of at least 4 members (excludes halogenated alkanes) is 2. The molecule has 0 unspecified atom stereocenters. The highest BCUT2D eigenvalue weighted by Crippen LogP contribution is 2.32. The fraction of sp³-hybridized carbons (Fsp3) is 0.367. The van der Waals surface area contributed by atoms with Crippen molar-refractivity contribution in [3.8, 4) is 17.6 Å². The number of carbonyl (C=O) groups is 1. The molecule has 0 bridgehead atoms. The van der Waals surface area contributed by atoms with Crippen LogP contribution in [-0.2, 0) is 0 Å². The van der Waals surface area contributed by atoms with Gasteiger partial charge >= 0.3 is 5.97 Å². The molecule has 0 aliphatic heterocycles. The van der Waals surface area contributed by atoms with Crippen LogP contribution in [0.3, 0.4) is 0 Å². The van der Waals surface area contributed by atoms with Crippen LogP contribution in [-0.4, -0.2) is 5.97 Å². The second kappa shape index (κ2) is 11.4. The average Bonchev–Trinajstić information content (AvgIpc) is 2.84. The van der Waals surface area contributed by atoms with Gasteiger partial charge in [0.25, 0.3) is 0 Å².